The van der Waals surface area contributed by atoms with Crippen LogP contribution in [0.5, 0.6) is 0 Å². The van der Waals surface area contributed by atoms with Crippen LogP contribution in [0.15, 0.2) is 42.0 Å². The number of rotatable bonds is 3. The molecule has 21 heavy (non-hydrogen) atoms. The second kappa shape index (κ2) is 5.58. The normalized spacial score (nSPS) is 39.4. The average molecular weight is 285 g/mol. The maximum absolute atomic E-state index is 10.6. The second-order valence-electron chi connectivity index (χ2n) is 7.36. The Morgan fingerprint density at radius 3 is 2.67 bits per heavy atom. The smallest absolute Gasteiger partial charge is 0.0628 e. The molecular weight excluding hydrogens is 258 g/mol. The SMILES string of the molecule is CC1/C=C2\CC(CC(C)(O)C1)C2N[C@@H](C)c1ccccc1. The van der Waals surface area contributed by atoms with Crippen molar-refractivity contribution >= 4 is 0 Å². The predicted octanol–water partition coefficient (Wildman–Crippen LogP) is 3.83. The van der Waals surface area contributed by atoms with Crippen molar-refractivity contribution in [2.24, 2.45) is 11.8 Å². The molecule has 0 aliphatic heterocycles. The highest BCUT2D eigenvalue weighted by molar-refractivity contribution is 5.28. The van der Waals surface area contributed by atoms with Gasteiger partial charge in [0.25, 0.3) is 0 Å². The first kappa shape index (κ1) is 14.8. The third kappa shape index (κ3) is 3.22. The van der Waals surface area contributed by atoms with Crippen LogP contribution in [0, 0.1) is 11.8 Å². The summed E-state index contributed by atoms with van der Waals surface area (Å²) in [5.41, 5.74) is 2.35. The van der Waals surface area contributed by atoms with E-state index in [4.69, 9.17) is 0 Å². The molecule has 0 saturated heterocycles. The highest BCUT2D eigenvalue weighted by Crippen LogP contribution is 2.44. The minimum Gasteiger partial charge on any atom is -0.390 e. The topological polar surface area (TPSA) is 32.3 Å². The molecule has 2 aliphatic rings. The van der Waals surface area contributed by atoms with Gasteiger partial charge in [0.15, 0.2) is 0 Å². The third-order valence-corrected chi connectivity index (χ3v) is 5.06. The Balaban J connectivity index is 1.74. The van der Waals surface area contributed by atoms with Crippen LogP contribution < -0.4 is 5.32 Å². The van der Waals surface area contributed by atoms with E-state index in [1.807, 2.05) is 6.92 Å². The van der Waals surface area contributed by atoms with E-state index in [0.29, 0.717) is 23.9 Å². The molecule has 2 bridgehead atoms. The summed E-state index contributed by atoms with van der Waals surface area (Å²) in [7, 11) is 0. The molecule has 1 aromatic rings. The van der Waals surface area contributed by atoms with Crippen LogP contribution in [0.2, 0.25) is 0 Å². The van der Waals surface area contributed by atoms with Gasteiger partial charge in [-0.25, -0.2) is 0 Å². The summed E-state index contributed by atoms with van der Waals surface area (Å²) in [4.78, 5) is 0. The molecule has 114 valence electrons. The number of aliphatic hydroxyl groups is 1. The van der Waals surface area contributed by atoms with Crippen molar-refractivity contribution in [1.82, 2.24) is 5.32 Å². The maximum atomic E-state index is 10.6. The number of allylic oxidation sites excluding steroid dienone is 1. The van der Waals surface area contributed by atoms with E-state index in [1.54, 1.807) is 5.57 Å². The van der Waals surface area contributed by atoms with Crippen molar-refractivity contribution in [3.63, 3.8) is 0 Å². The lowest BCUT2D eigenvalue weighted by Gasteiger charge is -2.47. The standard InChI is InChI=1S/C19H27NO/c1-13-9-16-10-17(12-19(3,21)11-13)18(16)20-14(2)15-7-5-4-6-8-15/h4-9,13-14,17-18,20-21H,10-12H2,1-3H3/b16-9+/t13?,14-,17?,18?,19?/m0/s1. The Morgan fingerprint density at radius 1 is 1.24 bits per heavy atom. The van der Waals surface area contributed by atoms with Crippen molar-refractivity contribution < 1.29 is 5.11 Å². The number of hydrogen-bond acceptors (Lipinski definition) is 2. The van der Waals surface area contributed by atoms with Gasteiger partial charge < -0.3 is 10.4 Å². The Morgan fingerprint density at radius 2 is 1.95 bits per heavy atom. The fraction of sp³-hybridized carbons (Fsp3) is 0.579. The van der Waals surface area contributed by atoms with Gasteiger partial charge in [0.1, 0.15) is 0 Å². The average Bonchev–Trinajstić information content (AvgIpc) is 2.42. The molecule has 0 spiro atoms. The number of benzene rings is 1. The quantitative estimate of drug-likeness (QED) is 0.827. The van der Waals surface area contributed by atoms with Crippen LogP contribution in [0.3, 0.4) is 0 Å². The summed E-state index contributed by atoms with van der Waals surface area (Å²) in [6.45, 7) is 6.45. The molecule has 0 heterocycles. The van der Waals surface area contributed by atoms with Crippen LogP contribution in [0.25, 0.3) is 0 Å². The molecule has 1 aromatic carbocycles. The lowest BCUT2D eigenvalue weighted by Crippen LogP contribution is -2.51. The minimum atomic E-state index is -0.525. The van der Waals surface area contributed by atoms with E-state index in [-0.39, 0.29) is 0 Å². The molecule has 5 atom stereocenters. The monoisotopic (exact) mass is 285 g/mol. The predicted molar refractivity (Wildman–Crippen MR) is 87.0 cm³/mol. The first-order chi connectivity index (χ1) is 9.94. The molecule has 1 saturated carbocycles. The number of fused-ring (bicyclic) bond motifs is 2. The molecule has 0 amide bonds. The fourth-order valence-corrected chi connectivity index (χ4v) is 4.17. The highest BCUT2D eigenvalue weighted by Gasteiger charge is 2.42. The van der Waals surface area contributed by atoms with E-state index in [9.17, 15) is 5.11 Å². The molecule has 2 heteroatoms. The maximum Gasteiger partial charge on any atom is 0.0628 e. The number of hydrogen-bond donors (Lipinski definition) is 2. The van der Waals surface area contributed by atoms with Crippen LogP contribution in [0.1, 0.15) is 51.6 Å². The van der Waals surface area contributed by atoms with E-state index in [1.165, 1.54) is 5.56 Å². The molecule has 2 nitrogen and oxygen atoms in total. The Hall–Kier alpha value is -1.12. The highest BCUT2D eigenvalue weighted by atomic mass is 16.3. The Bertz CT molecular complexity index is 520. The van der Waals surface area contributed by atoms with Gasteiger partial charge in [-0.05, 0) is 50.5 Å². The van der Waals surface area contributed by atoms with E-state index < -0.39 is 5.60 Å². The summed E-state index contributed by atoms with van der Waals surface area (Å²) in [6, 6.07) is 11.4. The van der Waals surface area contributed by atoms with E-state index >= 15 is 0 Å². The van der Waals surface area contributed by atoms with Gasteiger partial charge in [0, 0.05) is 12.1 Å². The number of nitrogens with one attached hydrogen (secondary N) is 1. The summed E-state index contributed by atoms with van der Waals surface area (Å²) < 4.78 is 0. The van der Waals surface area contributed by atoms with Gasteiger partial charge >= 0.3 is 0 Å². The van der Waals surface area contributed by atoms with Gasteiger partial charge in [-0.15, -0.1) is 0 Å². The third-order valence-electron chi connectivity index (χ3n) is 5.06. The summed E-state index contributed by atoms with van der Waals surface area (Å²) in [5.74, 6) is 1.04. The summed E-state index contributed by atoms with van der Waals surface area (Å²) in [5, 5.41) is 14.3. The van der Waals surface area contributed by atoms with Crippen LogP contribution in [-0.2, 0) is 0 Å². The Labute approximate surface area is 128 Å². The van der Waals surface area contributed by atoms with Gasteiger partial charge in [-0.1, -0.05) is 48.9 Å². The van der Waals surface area contributed by atoms with E-state index in [0.717, 1.165) is 19.3 Å². The van der Waals surface area contributed by atoms with Gasteiger partial charge in [-0.2, -0.15) is 0 Å². The van der Waals surface area contributed by atoms with Gasteiger partial charge in [0.05, 0.1) is 5.60 Å². The molecule has 4 unspecified atom stereocenters. The van der Waals surface area contributed by atoms with Crippen LogP contribution >= 0.6 is 0 Å². The zero-order chi connectivity index (χ0) is 15.0. The van der Waals surface area contributed by atoms with Crippen LogP contribution in [-0.4, -0.2) is 16.7 Å². The molecule has 1 fully saturated rings. The lowest BCUT2D eigenvalue weighted by molar-refractivity contribution is -0.000609. The first-order valence-electron chi connectivity index (χ1n) is 8.18. The van der Waals surface area contributed by atoms with Crippen molar-refractivity contribution in [1.29, 1.82) is 0 Å². The Kier molecular flexibility index (Phi) is 3.94. The largest absolute Gasteiger partial charge is 0.390 e. The summed E-state index contributed by atoms with van der Waals surface area (Å²) >= 11 is 0. The zero-order valence-corrected chi connectivity index (χ0v) is 13.3. The van der Waals surface area contributed by atoms with Crippen molar-refractivity contribution in [3.05, 3.63) is 47.5 Å². The first-order valence-corrected chi connectivity index (χ1v) is 8.18. The van der Waals surface area contributed by atoms with E-state index in [2.05, 4.69) is 55.6 Å². The van der Waals surface area contributed by atoms with Gasteiger partial charge in [0.2, 0.25) is 0 Å². The second-order valence-corrected chi connectivity index (χ2v) is 7.36. The van der Waals surface area contributed by atoms with Gasteiger partial charge in [-0.3, -0.25) is 0 Å². The fourth-order valence-electron chi connectivity index (χ4n) is 4.17. The van der Waals surface area contributed by atoms with Crippen molar-refractivity contribution in [2.45, 2.75) is 57.7 Å². The zero-order valence-electron chi connectivity index (χ0n) is 13.3. The molecular formula is C19H27NO. The molecule has 0 radical (unpaired) electrons. The van der Waals surface area contributed by atoms with Crippen LogP contribution in [0.4, 0.5) is 0 Å². The summed E-state index contributed by atoms with van der Waals surface area (Å²) in [6.07, 6.45) is 5.33. The lowest BCUT2D eigenvalue weighted by atomic mass is 9.65. The molecule has 3 rings (SSSR count). The molecule has 2 aliphatic carbocycles. The minimum absolute atomic E-state index is 0.349. The van der Waals surface area contributed by atoms with Crippen molar-refractivity contribution in [2.75, 3.05) is 0 Å². The van der Waals surface area contributed by atoms with Crippen molar-refractivity contribution in [3.8, 4) is 0 Å². The molecule has 2 N–H and O–H groups in total. The molecule has 0 aromatic heterocycles.